The van der Waals surface area contributed by atoms with E-state index in [0.29, 0.717) is 19.3 Å². The first-order valence-corrected chi connectivity index (χ1v) is 26.1. The zero-order valence-electron chi connectivity index (χ0n) is 41.1. The minimum Gasteiger partial charge on any atom is -0.462 e. The highest BCUT2D eigenvalue weighted by Crippen LogP contribution is 2.13. The van der Waals surface area contributed by atoms with E-state index in [9.17, 15) is 14.4 Å². The van der Waals surface area contributed by atoms with Crippen molar-refractivity contribution in [2.24, 2.45) is 0 Å². The molecule has 0 fully saturated rings. The second-order valence-electron chi connectivity index (χ2n) is 17.0. The lowest BCUT2D eigenvalue weighted by atomic mass is 10.1. The predicted molar refractivity (Wildman–Crippen MR) is 270 cm³/mol. The van der Waals surface area contributed by atoms with Crippen LogP contribution in [0, 0.1) is 0 Å². The summed E-state index contributed by atoms with van der Waals surface area (Å²) < 4.78 is 16.7. The summed E-state index contributed by atoms with van der Waals surface area (Å²) in [5.41, 5.74) is 0. The summed E-state index contributed by atoms with van der Waals surface area (Å²) in [6.45, 7) is 6.43. The van der Waals surface area contributed by atoms with Gasteiger partial charge in [0.1, 0.15) is 13.2 Å². The molecule has 0 amide bonds. The molecule has 0 aromatic heterocycles. The molecule has 0 N–H and O–H groups in total. The SMILES string of the molecule is CC/C=C\C/C=C\C/C=C\CCCCCCCC(=O)OC[C@H](COC(=O)CCC/C=C\C/C=C\C/C=C\CCCCCCCC)OC(=O)CCCCCCC/C=C\CCCCCC. The fourth-order valence-electron chi connectivity index (χ4n) is 6.94. The maximum Gasteiger partial charge on any atom is 0.306 e. The highest BCUT2D eigenvalue weighted by molar-refractivity contribution is 5.71. The van der Waals surface area contributed by atoms with E-state index in [1.165, 1.54) is 83.5 Å². The maximum absolute atomic E-state index is 12.8. The van der Waals surface area contributed by atoms with Gasteiger partial charge in [-0.25, -0.2) is 0 Å². The Morgan fingerprint density at radius 3 is 1.06 bits per heavy atom. The molecule has 360 valence electrons. The summed E-state index contributed by atoms with van der Waals surface area (Å²) in [5, 5.41) is 0. The lowest BCUT2D eigenvalue weighted by Crippen LogP contribution is -2.30. The fourth-order valence-corrected chi connectivity index (χ4v) is 6.94. The molecule has 6 nitrogen and oxygen atoms in total. The third-order valence-corrected chi connectivity index (χ3v) is 10.9. The van der Waals surface area contributed by atoms with Crippen molar-refractivity contribution in [1.82, 2.24) is 0 Å². The monoisotopic (exact) mass is 877 g/mol. The summed E-state index contributed by atoms with van der Waals surface area (Å²) in [6, 6.07) is 0. The van der Waals surface area contributed by atoms with Crippen molar-refractivity contribution < 1.29 is 28.6 Å². The molecule has 0 rings (SSSR count). The Balaban J connectivity index is 4.49. The predicted octanol–water partition coefficient (Wildman–Crippen LogP) is 17.2. The van der Waals surface area contributed by atoms with Crippen molar-refractivity contribution in [3.8, 4) is 0 Å². The minimum absolute atomic E-state index is 0.105. The average Bonchev–Trinajstić information content (AvgIpc) is 3.28. The zero-order chi connectivity index (χ0) is 45.8. The summed E-state index contributed by atoms with van der Waals surface area (Å²) >= 11 is 0. The average molecular weight is 877 g/mol. The van der Waals surface area contributed by atoms with Crippen LogP contribution in [-0.4, -0.2) is 37.2 Å². The van der Waals surface area contributed by atoms with Gasteiger partial charge in [0.2, 0.25) is 0 Å². The summed E-state index contributed by atoms with van der Waals surface area (Å²) in [7, 11) is 0. The van der Waals surface area contributed by atoms with Gasteiger partial charge in [-0.2, -0.15) is 0 Å². The number of carbonyl (C=O) groups is 3. The summed E-state index contributed by atoms with van der Waals surface area (Å²) in [5.74, 6) is -0.985. The van der Waals surface area contributed by atoms with Gasteiger partial charge in [-0.05, 0) is 109 Å². The molecule has 0 radical (unpaired) electrons. The van der Waals surface area contributed by atoms with Crippen molar-refractivity contribution >= 4 is 17.9 Å². The van der Waals surface area contributed by atoms with Crippen LogP contribution in [0.25, 0.3) is 0 Å². The molecule has 0 bridgehead atoms. The maximum atomic E-state index is 12.8. The molecule has 0 aliphatic rings. The Labute approximate surface area is 388 Å². The molecule has 0 aromatic rings. The van der Waals surface area contributed by atoms with Crippen LogP contribution in [0.2, 0.25) is 0 Å². The summed E-state index contributed by atoms with van der Waals surface area (Å²) in [6.07, 6.45) is 65.7. The Bertz CT molecular complexity index is 1240. The first-order valence-electron chi connectivity index (χ1n) is 26.1. The number of esters is 3. The number of hydrogen-bond donors (Lipinski definition) is 0. The van der Waals surface area contributed by atoms with Gasteiger partial charge in [0.15, 0.2) is 6.10 Å². The number of rotatable bonds is 46. The molecule has 63 heavy (non-hydrogen) atoms. The second kappa shape index (κ2) is 51.2. The van der Waals surface area contributed by atoms with Crippen LogP contribution >= 0.6 is 0 Å². The lowest BCUT2D eigenvalue weighted by molar-refractivity contribution is -0.167. The van der Waals surface area contributed by atoms with Crippen LogP contribution in [0.3, 0.4) is 0 Å². The molecular formula is C57H96O6. The van der Waals surface area contributed by atoms with Crippen molar-refractivity contribution in [3.63, 3.8) is 0 Å². The topological polar surface area (TPSA) is 78.9 Å². The largest absolute Gasteiger partial charge is 0.462 e. The molecule has 0 heterocycles. The number of allylic oxidation sites excluding steroid dienone is 14. The van der Waals surface area contributed by atoms with Crippen molar-refractivity contribution in [1.29, 1.82) is 0 Å². The fraction of sp³-hybridized carbons (Fsp3) is 0.702. The normalized spacial score (nSPS) is 12.7. The molecular weight excluding hydrogens is 781 g/mol. The highest BCUT2D eigenvalue weighted by atomic mass is 16.6. The van der Waals surface area contributed by atoms with E-state index in [-0.39, 0.29) is 37.5 Å². The van der Waals surface area contributed by atoms with Crippen molar-refractivity contribution in [2.45, 2.75) is 245 Å². The molecule has 0 aliphatic heterocycles. The van der Waals surface area contributed by atoms with Crippen LogP contribution in [-0.2, 0) is 28.6 Å². The first kappa shape index (κ1) is 59.6. The lowest BCUT2D eigenvalue weighted by Gasteiger charge is -2.18. The van der Waals surface area contributed by atoms with Gasteiger partial charge in [-0.1, -0.05) is 196 Å². The molecule has 0 unspecified atom stereocenters. The molecule has 6 heteroatoms. The van der Waals surface area contributed by atoms with E-state index in [1.807, 2.05) is 0 Å². The van der Waals surface area contributed by atoms with Gasteiger partial charge >= 0.3 is 17.9 Å². The van der Waals surface area contributed by atoms with Crippen LogP contribution in [0.5, 0.6) is 0 Å². The molecule has 0 aromatic carbocycles. The van der Waals surface area contributed by atoms with Crippen LogP contribution in [0.15, 0.2) is 85.1 Å². The Kier molecular flexibility index (Phi) is 48.5. The van der Waals surface area contributed by atoms with E-state index < -0.39 is 6.10 Å². The smallest absolute Gasteiger partial charge is 0.306 e. The number of carbonyl (C=O) groups excluding carboxylic acids is 3. The molecule has 0 saturated heterocycles. The molecule has 1 atom stereocenters. The van der Waals surface area contributed by atoms with Crippen LogP contribution in [0.4, 0.5) is 0 Å². The Hall–Kier alpha value is -3.41. The molecule has 0 saturated carbocycles. The van der Waals surface area contributed by atoms with Gasteiger partial charge in [-0.3, -0.25) is 14.4 Å². The zero-order valence-corrected chi connectivity index (χ0v) is 41.1. The van der Waals surface area contributed by atoms with E-state index in [2.05, 4.69) is 106 Å². The van der Waals surface area contributed by atoms with E-state index >= 15 is 0 Å². The number of unbranched alkanes of at least 4 members (excludes halogenated alkanes) is 21. The van der Waals surface area contributed by atoms with Gasteiger partial charge in [-0.15, -0.1) is 0 Å². The third-order valence-electron chi connectivity index (χ3n) is 10.9. The Morgan fingerprint density at radius 2 is 0.635 bits per heavy atom. The third kappa shape index (κ3) is 49.5. The number of hydrogen-bond acceptors (Lipinski definition) is 6. The van der Waals surface area contributed by atoms with Gasteiger partial charge in [0, 0.05) is 19.3 Å². The Morgan fingerprint density at radius 1 is 0.333 bits per heavy atom. The van der Waals surface area contributed by atoms with E-state index in [1.54, 1.807) is 0 Å². The second-order valence-corrected chi connectivity index (χ2v) is 17.0. The van der Waals surface area contributed by atoms with Gasteiger partial charge < -0.3 is 14.2 Å². The summed E-state index contributed by atoms with van der Waals surface area (Å²) in [4.78, 5) is 38.0. The molecule has 0 spiro atoms. The van der Waals surface area contributed by atoms with E-state index in [4.69, 9.17) is 14.2 Å². The van der Waals surface area contributed by atoms with E-state index in [0.717, 1.165) is 109 Å². The number of ether oxygens (including phenoxy) is 3. The quantitative estimate of drug-likeness (QED) is 0.0262. The van der Waals surface area contributed by atoms with Crippen molar-refractivity contribution in [3.05, 3.63) is 85.1 Å². The van der Waals surface area contributed by atoms with Gasteiger partial charge in [0.25, 0.3) is 0 Å². The minimum atomic E-state index is -0.808. The first-order chi connectivity index (χ1) is 31.0. The van der Waals surface area contributed by atoms with Crippen molar-refractivity contribution in [2.75, 3.05) is 13.2 Å². The van der Waals surface area contributed by atoms with Crippen LogP contribution in [0.1, 0.15) is 239 Å². The van der Waals surface area contributed by atoms with Gasteiger partial charge in [0.05, 0.1) is 0 Å². The highest BCUT2D eigenvalue weighted by Gasteiger charge is 2.19. The van der Waals surface area contributed by atoms with Crippen LogP contribution < -0.4 is 0 Å². The molecule has 0 aliphatic carbocycles. The standard InChI is InChI=1S/C57H96O6/c1-4-7-10-13-16-19-22-25-27-28-30-33-35-38-41-44-47-50-56(59)62-53-54(63-57(60)51-48-45-42-39-36-31-24-21-18-15-12-9-6-3)52-61-55(58)49-46-43-40-37-34-32-29-26-23-20-17-14-11-8-5-2/h8,11,17,20-21,24-27,29-30,33,38,41,54H,4-7,9-10,12-16,18-19,22-23,28,31-32,34-37,39-40,42-53H2,1-3H3/b11-8-,20-17-,24-21-,27-25-,29-26-,33-30-,41-38-/t54-/m1/s1.